The average Bonchev–Trinajstić information content (AvgIpc) is 3.32. The molecule has 1 saturated heterocycles. The third-order valence-corrected chi connectivity index (χ3v) is 5.59. The smallest absolute Gasteiger partial charge is 0.156 e. The molecule has 138 valence electrons. The number of hydrogen-bond donors (Lipinski definition) is 1. The minimum Gasteiger partial charge on any atom is -0.454 e. The number of aliphatic hydroxyl groups excluding tert-OH is 1. The summed E-state index contributed by atoms with van der Waals surface area (Å²) in [6, 6.07) is 10.1. The highest BCUT2D eigenvalue weighted by Crippen LogP contribution is 2.36. The highest BCUT2D eigenvalue weighted by atomic mass is 16.3. The van der Waals surface area contributed by atoms with E-state index in [1.807, 2.05) is 29.9 Å². The number of benzene rings is 1. The van der Waals surface area contributed by atoms with Crippen LogP contribution in [0.25, 0.3) is 22.4 Å². The molecule has 3 heterocycles. The molecule has 4 rings (SSSR count). The quantitative estimate of drug-likeness (QED) is 0.732. The molecule has 0 saturated carbocycles. The molecule has 1 aliphatic heterocycles. The predicted octanol–water partition coefficient (Wildman–Crippen LogP) is 3.82. The van der Waals surface area contributed by atoms with Crippen LogP contribution < -0.4 is 0 Å². The lowest BCUT2D eigenvalue weighted by molar-refractivity contribution is 0.117. The van der Waals surface area contributed by atoms with E-state index in [0.29, 0.717) is 0 Å². The third-order valence-electron chi connectivity index (χ3n) is 5.59. The Bertz CT molecular complexity index is 865. The van der Waals surface area contributed by atoms with Crippen molar-refractivity contribution in [3.05, 3.63) is 42.1 Å². The van der Waals surface area contributed by atoms with Gasteiger partial charge in [0.15, 0.2) is 5.76 Å². The van der Waals surface area contributed by atoms with Gasteiger partial charge in [0, 0.05) is 49.3 Å². The fourth-order valence-electron chi connectivity index (χ4n) is 4.31. The van der Waals surface area contributed by atoms with E-state index in [4.69, 9.17) is 4.42 Å². The zero-order valence-corrected chi connectivity index (χ0v) is 15.6. The molecule has 1 fully saturated rings. The van der Waals surface area contributed by atoms with Gasteiger partial charge < -0.3 is 9.52 Å². The number of likely N-dealkylation sites (tertiary alicyclic amines) is 1. The second kappa shape index (κ2) is 6.89. The fourth-order valence-corrected chi connectivity index (χ4v) is 4.31. The van der Waals surface area contributed by atoms with Crippen LogP contribution in [-0.2, 0) is 13.6 Å². The molecule has 1 aromatic carbocycles. The second-order valence-corrected chi connectivity index (χ2v) is 7.69. The standard InChI is InChI=1S/C21H27N3O2/c1-3-8-21(15-25)9-10-24(14-21)13-17-12-23(2)22-20(17)19-11-16-6-4-5-7-18(16)26-19/h4-7,11-12,25H,3,8-10,13-15H2,1-2H3. The first-order valence-electron chi connectivity index (χ1n) is 9.47. The van der Waals surface area contributed by atoms with Crippen LogP contribution in [0, 0.1) is 5.41 Å². The van der Waals surface area contributed by atoms with Crippen LogP contribution in [0.3, 0.4) is 0 Å². The Kier molecular flexibility index (Phi) is 4.59. The largest absolute Gasteiger partial charge is 0.454 e. The molecule has 2 aromatic heterocycles. The van der Waals surface area contributed by atoms with Gasteiger partial charge in [0.1, 0.15) is 11.3 Å². The van der Waals surface area contributed by atoms with Crippen molar-refractivity contribution in [1.29, 1.82) is 0 Å². The Hall–Kier alpha value is -2.11. The third kappa shape index (κ3) is 3.17. The minimum absolute atomic E-state index is 0.0660. The summed E-state index contributed by atoms with van der Waals surface area (Å²) in [5.41, 5.74) is 3.05. The van der Waals surface area contributed by atoms with E-state index in [2.05, 4.69) is 35.3 Å². The number of aromatic nitrogens is 2. The average molecular weight is 353 g/mol. The fraction of sp³-hybridized carbons (Fsp3) is 0.476. The molecular weight excluding hydrogens is 326 g/mol. The molecule has 26 heavy (non-hydrogen) atoms. The number of aryl methyl sites for hydroxylation is 1. The van der Waals surface area contributed by atoms with Crippen LogP contribution in [0.5, 0.6) is 0 Å². The van der Waals surface area contributed by atoms with Crippen molar-refractivity contribution < 1.29 is 9.52 Å². The maximum atomic E-state index is 9.89. The molecule has 5 heteroatoms. The molecule has 3 aromatic rings. The second-order valence-electron chi connectivity index (χ2n) is 7.69. The van der Waals surface area contributed by atoms with Gasteiger partial charge in [-0.25, -0.2) is 0 Å². The molecule has 0 aliphatic carbocycles. The van der Waals surface area contributed by atoms with Crippen molar-refractivity contribution >= 4 is 11.0 Å². The Balaban J connectivity index is 1.59. The zero-order chi connectivity index (χ0) is 18.1. The van der Waals surface area contributed by atoms with Crippen LogP contribution in [0.15, 0.2) is 40.9 Å². The molecule has 1 atom stereocenters. The molecule has 1 aliphatic rings. The number of para-hydroxylation sites is 1. The Morgan fingerprint density at radius 1 is 1.31 bits per heavy atom. The van der Waals surface area contributed by atoms with Crippen LogP contribution in [0.2, 0.25) is 0 Å². The number of furan rings is 1. The van der Waals surface area contributed by atoms with Crippen molar-refractivity contribution in [3.8, 4) is 11.5 Å². The summed E-state index contributed by atoms with van der Waals surface area (Å²) < 4.78 is 7.90. The van der Waals surface area contributed by atoms with Gasteiger partial charge in [-0.2, -0.15) is 5.10 Å². The number of nitrogens with zero attached hydrogens (tertiary/aromatic N) is 3. The van der Waals surface area contributed by atoms with Gasteiger partial charge in [-0.15, -0.1) is 0 Å². The SMILES string of the molecule is CCCC1(CO)CCN(Cc2cn(C)nc2-c2cc3ccccc3o2)C1. The summed E-state index contributed by atoms with van der Waals surface area (Å²) in [7, 11) is 1.95. The van der Waals surface area contributed by atoms with E-state index >= 15 is 0 Å². The summed E-state index contributed by atoms with van der Waals surface area (Å²) in [6.45, 7) is 5.29. The van der Waals surface area contributed by atoms with E-state index in [0.717, 1.165) is 61.3 Å². The highest BCUT2D eigenvalue weighted by Gasteiger charge is 2.37. The van der Waals surface area contributed by atoms with E-state index in [9.17, 15) is 5.11 Å². The molecule has 0 bridgehead atoms. The van der Waals surface area contributed by atoms with Crippen molar-refractivity contribution in [3.63, 3.8) is 0 Å². The molecule has 1 N–H and O–H groups in total. The van der Waals surface area contributed by atoms with Crippen LogP contribution >= 0.6 is 0 Å². The first kappa shape index (κ1) is 17.3. The maximum Gasteiger partial charge on any atom is 0.156 e. The minimum atomic E-state index is 0.0660. The van der Waals surface area contributed by atoms with Crippen molar-refractivity contribution in [2.75, 3.05) is 19.7 Å². The van der Waals surface area contributed by atoms with Gasteiger partial charge >= 0.3 is 0 Å². The topological polar surface area (TPSA) is 54.4 Å². The van der Waals surface area contributed by atoms with Gasteiger partial charge in [-0.3, -0.25) is 9.58 Å². The van der Waals surface area contributed by atoms with Gasteiger partial charge in [0.25, 0.3) is 0 Å². The van der Waals surface area contributed by atoms with Crippen molar-refractivity contribution in [2.45, 2.75) is 32.7 Å². The van der Waals surface area contributed by atoms with Gasteiger partial charge in [0.2, 0.25) is 0 Å². The lowest BCUT2D eigenvalue weighted by Crippen LogP contribution is -2.30. The van der Waals surface area contributed by atoms with Crippen molar-refractivity contribution in [1.82, 2.24) is 14.7 Å². The van der Waals surface area contributed by atoms with E-state index in [-0.39, 0.29) is 12.0 Å². The number of fused-ring (bicyclic) bond motifs is 1. The summed E-state index contributed by atoms with van der Waals surface area (Å²) in [5.74, 6) is 0.822. The summed E-state index contributed by atoms with van der Waals surface area (Å²) in [4.78, 5) is 2.44. The van der Waals surface area contributed by atoms with E-state index < -0.39 is 0 Å². The normalized spacial score (nSPS) is 21.0. The van der Waals surface area contributed by atoms with Crippen LogP contribution in [0.4, 0.5) is 0 Å². The summed E-state index contributed by atoms with van der Waals surface area (Å²) >= 11 is 0. The van der Waals surface area contributed by atoms with E-state index in [1.54, 1.807) is 0 Å². The van der Waals surface area contributed by atoms with Crippen LogP contribution in [0.1, 0.15) is 31.7 Å². The molecule has 0 amide bonds. The molecule has 5 nitrogen and oxygen atoms in total. The highest BCUT2D eigenvalue weighted by molar-refractivity contribution is 5.82. The number of rotatable bonds is 6. The maximum absolute atomic E-state index is 9.89. The molecule has 0 radical (unpaired) electrons. The summed E-state index contributed by atoms with van der Waals surface area (Å²) in [5, 5.41) is 15.6. The number of hydrogen-bond acceptors (Lipinski definition) is 4. The van der Waals surface area contributed by atoms with Gasteiger partial charge in [-0.05, 0) is 31.5 Å². The summed E-state index contributed by atoms with van der Waals surface area (Å²) in [6.07, 6.45) is 5.36. The number of aliphatic hydroxyl groups is 1. The van der Waals surface area contributed by atoms with Gasteiger partial charge in [0.05, 0.1) is 0 Å². The predicted molar refractivity (Wildman–Crippen MR) is 103 cm³/mol. The van der Waals surface area contributed by atoms with Crippen LogP contribution in [-0.4, -0.2) is 39.5 Å². The van der Waals surface area contributed by atoms with Crippen molar-refractivity contribution in [2.24, 2.45) is 12.5 Å². The monoisotopic (exact) mass is 353 g/mol. The lowest BCUT2D eigenvalue weighted by Gasteiger charge is -2.26. The Morgan fingerprint density at radius 2 is 2.15 bits per heavy atom. The first-order chi connectivity index (χ1) is 12.6. The molecule has 0 spiro atoms. The van der Waals surface area contributed by atoms with E-state index in [1.165, 1.54) is 5.56 Å². The van der Waals surface area contributed by atoms with Gasteiger partial charge in [-0.1, -0.05) is 31.5 Å². The lowest BCUT2D eigenvalue weighted by atomic mass is 9.83. The molecular formula is C21H27N3O2. The first-order valence-corrected chi connectivity index (χ1v) is 9.47. The molecule has 1 unspecified atom stereocenters. The zero-order valence-electron chi connectivity index (χ0n) is 15.6. The Labute approximate surface area is 154 Å². The Morgan fingerprint density at radius 3 is 2.92 bits per heavy atom.